The maximum Gasteiger partial charge on any atom is 0.0183 e. The average Bonchev–Trinajstić information content (AvgIpc) is 2.50. The lowest BCUT2D eigenvalue weighted by atomic mass is 10.0. The Morgan fingerprint density at radius 3 is 1.89 bits per heavy atom. The van der Waals surface area contributed by atoms with E-state index < -0.39 is 0 Å². The van der Waals surface area contributed by atoms with Crippen LogP contribution >= 0.6 is 0 Å². The van der Waals surface area contributed by atoms with Gasteiger partial charge < -0.3 is 5.41 Å². The zero-order valence-electron chi connectivity index (χ0n) is 13.6. The second kappa shape index (κ2) is 18.7. The topological polar surface area (TPSA) is 23.9 Å². The van der Waals surface area contributed by atoms with E-state index in [-0.39, 0.29) is 0 Å². The molecule has 0 spiro atoms. The highest BCUT2D eigenvalue weighted by molar-refractivity contribution is 5.72. The molecule has 0 heterocycles. The largest absolute Gasteiger partial charge is 0.309 e. The van der Waals surface area contributed by atoms with Crippen molar-refractivity contribution < 1.29 is 0 Å². The fourth-order valence-electron chi connectivity index (χ4n) is 1.06. The summed E-state index contributed by atoms with van der Waals surface area (Å²) in [4.78, 5) is 0. The van der Waals surface area contributed by atoms with Crippen molar-refractivity contribution in [2.45, 2.75) is 48.0 Å². The van der Waals surface area contributed by atoms with E-state index in [9.17, 15) is 0 Å². The van der Waals surface area contributed by atoms with Crippen LogP contribution < -0.4 is 0 Å². The SMILES string of the molecule is C=CC(=C\C=N)/C(/C=C\C(=C)CC)=C/C.CC.CC. The smallest absolute Gasteiger partial charge is 0.0183 e. The van der Waals surface area contributed by atoms with E-state index in [0.29, 0.717) is 0 Å². The first-order chi connectivity index (χ1) is 9.19. The van der Waals surface area contributed by atoms with Crippen molar-refractivity contribution in [1.29, 1.82) is 5.41 Å². The Bertz CT molecular complexity index is 328. The lowest BCUT2D eigenvalue weighted by Gasteiger charge is -2.01. The number of hydrogen-bond donors (Lipinski definition) is 1. The molecule has 0 saturated carbocycles. The minimum Gasteiger partial charge on any atom is -0.309 e. The molecule has 0 aromatic heterocycles. The molecule has 0 bridgehead atoms. The van der Waals surface area contributed by atoms with Gasteiger partial charge in [-0.2, -0.15) is 0 Å². The molecule has 0 aliphatic carbocycles. The van der Waals surface area contributed by atoms with Gasteiger partial charge in [-0.1, -0.05) is 77.7 Å². The van der Waals surface area contributed by atoms with Gasteiger partial charge in [-0.05, 0) is 30.6 Å². The van der Waals surface area contributed by atoms with Crippen LogP contribution in [0, 0.1) is 5.41 Å². The van der Waals surface area contributed by atoms with Crippen LogP contribution in [0.2, 0.25) is 0 Å². The second-order valence-electron chi connectivity index (χ2n) is 3.08. The highest BCUT2D eigenvalue weighted by atomic mass is 14.3. The zero-order chi connectivity index (χ0) is 15.7. The van der Waals surface area contributed by atoms with Crippen molar-refractivity contribution in [3.8, 4) is 0 Å². The Kier molecular flexibility index (Phi) is 22.2. The van der Waals surface area contributed by atoms with Gasteiger partial charge in [0.2, 0.25) is 0 Å². The maximum absolute atomic E-state index is 7.04. The molecule has 1 nitrogen and oxygen atoms in total. The third kappa shape index (κ3) is 12.6. The van der Waals surface area contributed by atoms with Crippen molar-refractivity contribution in [2.24, 2.45) is 0 Å². The molecule has 1 heteroatoms. The van der Waals surface area contributed by atoms with E-state index in [1.165, 1.54) is 6.21 Å². The van der Waals surface area contributed by atoms with Crippen molar-refractivity contribution >= 4 is 6.21 Å². The van der Waals surface area contributed by atoms with Crippen LogP contribution in [0.3, 0.4) is 0 Å². The fourth-order valence-corrected chi connectivity index (χ4v) is 1.06. The van der Waals surface area contributed by atoms with E-state index in [1.807, 2.05) is 52.8 Å². The summed E-state index contributed by atoms with van der Waals surface area (Å²) in [6.07, 6.45) is 11.7. The maximum atomic E-state index is 7.04. The quantitative estimate of drug-likeness (QED) is 0.430. The molecule has 0 aliphatic rings. The zero-order valence-corrected chi connectivity index (χ0v) is 13.6. The van der Waals surface area contributed by atoms with Crippen molar-refractivity contribution in [3.63, 3.8) is 0 Å². The highest BCUT2D eigenvalue weighted by Crippen LogP contribution is 2.13. The normalized spacial score (nSPS) is 10.8. The molecule has 19 heavy (non-hydrogen) atoms. The van der Waals surface area contributed by atoms with Gasteiger partial charge >= 0.3 is 0 Å². The van der Waals surface area contributed by atoms with E-state index in [1.54, 1.807) is 12.2 Å². The van der Waals surface area contributed by atoms with Crippen LogP contribution in [0.1, 0.15) is 48.0 Å². The molecule has 0 rings (SSSR count). The number of nitrogens with one attached hydrogen (secondary N) is 1. The molecule has 108 valence electrons. The Labute approximate surface area is 120 Å². The number of rotatable bonds is 6. The van der Waals surface area contributed by atoms with E-state index in [2.05, 4.69) is 20.1 Å². The standard InChI is InChI=1S/C14H19N.2C2H6/c1-5-12(4)8-9-13(6-2)14(7-3)10-11-15;2*1-2/h6-11,15H,3-5H2,1-2H3;2*1-2H3/b9-8-,13-6+,14-10+,15-11?;;. The summed E-state index contributed by atoms with van der Waals surface area (Å²) < 4.78 is 0. The first-order valence-corrected chi connectivity index (χ1v) is 7.05. The van der Waals surface area contributed by atoms with Gasteiger partial charge in [0.1, 0.15) is 0 Å². The summed E-state index contributed by atoms with van der Waals surface area (Å²) in [6.45, 7) is 19.7. The molecule has 0 aliphatic heterocycles. The molecule has 0 saturated heterocycles. The summed E-state index contributed by atoms with van der Waals surface area (Å²) >= 11 is 0. The van der Waals surface area contributed by atoms with E-state index in [0.717, 1.165) is 23.1 Å². The van der Waals surface area contributed by atoms with Gasteiger partial charge in [0.25, 0.3) is 0 Å². The Morgan fingerprint density at radius 2 is 1.58 bits per heavy atom. The molecule has 0 amide bonds. The summed E-state index contributed by atoms with van der Waals surface area (Å²) in [7, 11) is 0. The predicted molar refractivity (Wildman–Crippen MR) is 92.1 cm³/mol. The molecule has 0 atom stereocenters. The first-order valence-electron chi connectivity index (χ1n) is 7.05. The molecule has 0 fully saturated rings. The Balaban J connectivity index is -0.000000579. The minimum atomic E-state index is 0.950. The third-order valence-corrected chi connectivity index (χ3v) is 2.08. The molecule has 0 radical (unpaired) electrons. The van der Waals surface area contributed by atoms with Crippen LogP contribution in [-0.4, -0.2) is 6.21 Å². The second-order valence-corrected chi connectivity index (χ2v) is 3.08. The Hall–Kier alpha value is -1.63. The van der Waals surface area contributed by atoms with Crippen molar-refractivity contribution in [3.05, 3.63) is 60.3 Å². The van der Waals surface area contributed by atoms with Gasteiger partial charge in [-0.3, -0.25) is 0 Å². The molecule has 0 aromatic carbocycles. The number of allylic oxidation sites excluding steroid dienone is 8. The Morgan fingerprint density at radius 1 is 1.05 bits per heavy atom. The first kappa shape index (κ1) is 22.5. The molecule has 0 unspecified atom stereocenters. The van der Waals surface area contributed by atoms with Crippen molar-refractivity contribution in [1.82, 2.24) is 0 Å². The monoisotopic (exact) mass is 261 g/mol. The lowest BCUT2D eigenvalue weighted by molar-refractivity contribution is 1.16. The molecular formula is C18H31N. The highest BCUT2D eigenvalue weighted by Gasteiger charge is 1.95. The van der Waals surface area contributed by atoms with Gasteiger partial charge in [0.15, 0.2) is 0 Å². The van der Waals surface area contributed by atoms with Crippen molar-refractivity contribution in [2.75, 3.05) is 0 Å². The fraction of sp³-hybridized carbons (Fsp3) is 0.389. The molecule has 1 N–H and O–H groups in total. The summed E-state index contributed by atoms with van der Waals surface area (Å²) in [5.74, 6) is 0. The van der Waals surface area contributed by atoms with Gasteiger partial charge in [0, 0.05) is 6.21 Å². The van der Waals surface area contributed by atoms with Gasteiger partial charge in [-0.25, -0.2) is 0 Å². The van der Waals surface area contributed by atoms with Crippen LogP contribution in [0.15, 0.2) is 60.3 Å². The van der Waals surface area contributed by atoms with Crippen LogP contribution in [0.25, 0.3) is 0 Å². The molecular weight excluding hydrogens is 230 g/mol. The summed E-state index contributed by atoms with van der Waals surface area (Å²) in [5.41, 5.74) is 3.10. The molecule has 0 aromatic rings. The van der Waals surface area contributed by atoms with Crippen LogP contribution in [-0.2, 0) is 0 Å². The number of hydrogen-bond acceptors (Lipinski definition) is 1. The minimum absolute atomic E-state index is 0.950. The van der Waals surface area contributed by atoms with E-state index >= 15 is 0 Å². The van der Waals surface area contributed by atoms with Crippen LogP contribution in [0.5, 0.6) is 0 Å². The van der Waals surface area contributed by atoms with Gasteiger partial charge in [-0.15, -0.1) is 0 Å². The lowest BCUT2D eigenvalue weighted by Crippen LogP contribution is -1.83. The average molecular weight is 261 g/mol. The summed E-state index contributed by atoms with van der Waals surface area (Å²) in [6, 6.07) is 0. The van der Waals surface area contributed by atoms with Crippen LogP contribution in [0.4, 0.5) is 0 Å². The third-order valence-electron chi connectivity index (χ3n) is 2.08. The van der Waals surface area contributed by atoms with Gasteiger partial charge in [0.05, 0.1) is 0 Å². The summed E-state index contributed by atoms with van der Waals surface area (Å²) in [5, 5.41) is 7.04. The predicted octanol–water partition coefficient (Wildman–Crippen LogP) is 6.27. The van der Waals surface area contributed by atoms with E-state index in [4.69, 9.17) is 5.41 Å².